The number of nitrogens with zero attached hydrogens (tertiary/aromatic N) is 2. The summed E-state index contributed by atoms with van der Waals surface area (Å²) in [6.07, 6.45) is 0.675. The summed E-state index contributed by atoms with van der Waals surface area (Å²) >= 11 is 0. The highest BCUT2D eigenvalue weighted by molar-refractivity contribution is 6.05. The molecule has 3 aromatic carbocycles. The first-order chi connectivity index (χ1) is 13.7. The number of ether oxygens (including phenoxy) is 1. The van der Waals surface area contributed by atoms with Crippen LogP contribution in [0.15, 0.2) is 84.0 Å². The Morgan fingerprint density at radius 1 is 0.964 bits per heavy atom. The van der Waals surface area contributed by atoms with Gasteiger partial charge in [0.25, 0.3) is 5.91 Å². The van der Waals surface area contributed by atoms with Crippen LogP contribution in [0, 0.1) is 6.92 Å². The van der Waals surface area contributed by atoms with Crippen LogP contribution in [0.25, 0.3) is 0 Å². The maximum absolute atomic E-state index is 13.2. The Balaban J connectivity index is 1.71. The second-order valence-corrected chi connectivity index (χ2v) is 6.92. The van der Waals surface area contributed by atoms with Gasteiger partial charge in [-0.05, 0) is 42.3 Å². The number of rotatable bonds is 4. The van der Waals surface area contributed by atoms with E-state index in [1.807, 2.05) is 85.8 Å². The molecule has 4 heteroatoms. The monoisotopic (exact) mass is 370 g/mol. The van der Waals surface area contributed by atoms with Gasteiger partial charge < -0.3 is 4.74 Å². The van der Waals surface area contributed by atoms with Gasteiger partial charge in [-0.15, -0.1) is 0 Å². The van der Waals surface area contributed by atoms with Crippen LogP contribution in [0.5, 0.6) is 5.75 Å². The smallest absolute Gasteiger partial charge is 0.274 e. The number of benzene rings is 3. The average molecular weight is 370 g/mol. The minimum absolute atomic E-state index is 0.0910. The number of carbonyl (C=O) groups is 1. The van der Waals surface area contributed by atoms with Gasteiger partial charge in [0.2, 0.25) is 0 Å². The molecule has 140 valence electrons. The van der Waals surface area contributed by atoms with Crippen molar-refractivity contribution < 1.29 is 9.53 Å². The van der Waals surface area contributed by atoms with Gasteiger partial charge in [-0.2, -0.15) is 5.10 Å². The fourth-order valence-electron chi connectivity index (χ4n) is 3.42. The third-order valence-corrected chi connectivity index (χ3v) is 5.02. The highest BCUT2D eigenvalue weighted by Gasteiger charge is 2.33. The van der Waals surface area contributed by atoms with Crippen molar-refractivity contribution in [1.82, 2.24) is 5.01 Å². The van der Waals surface area contributed by atoms with E-state index in [1.54, 1.807) is 12.1 Å². The van der Waals surface area contributed by atoms with Crippen LogP contribution in [0.1, 0.15) is 39.5 Å². The van der Waals surface area contributed by atoms with Crippen molar-refractivity contribution in [3.63, 3.8) is 0 Å². The molecule has 1 amide bonds. The summed E-state index contributed by atoms with van der Waals surface area (Å²) in [5, 5.41) is 6.35. The van der Waals surface area contributed by atoms with Crippen LogP contribution in [-0.4, -0.2) is 23.7 Å². The molecule has 1 aliphatic heterocycles. The minimum atomic E-state index is -0.144. The van der Waals surface area contributed by atoms with Gasteiger partial charge in [-0.3, -0.25) is 4.79 Å². The Morgan fingerprint density at radius 2 is 1.64 bits per heavy atom. The number of hydrazone groups is 1. The molecule has 28 heavy (non-hydrogen) atoms. The summed E-state index contributed by atoms with van der Waals surface area (Å²) < 4.78 is 5.27. The predicted octanol–water partition coefficient (Wildman–Crippen LogP) is 5.00. The van der Waals surface area contributed by atoms with E-state index in [2.05, 4.69) is 0 Å². The first-order valence-corrected chi connectivity index (χ1v) is 9.33. The van der Waals surface area contributed by atoms with Crippen LogP contribution < -0.4 is 4.74 Å². The maximum atomic E-state index is 13.2. The van der Waals surface area contributed by atoms with Crippen molar-refractivity contribution >= 4 is 11.6 Å². The first-order valence-electron chi connectivity index (χ1n) is 9.33. The van der Waals surface area contributed by atoms with E-state index < -0.39 is 0 Å². The Hall–Kier alpha value is -3.40. The van der Waals surface area contributed by atoms with Crippen molar-refractivity contribution in [2.75, 3.05) is 7.11 Å². The van der Waals surface area contributed by atoms with E-state index in [1.165, 1.54) is 0 Å². The molecule has 0 aromatic heterocycles. The lowest BCUT2D eigenvalue weighted by molar-refractivity contribution is 0.0711. The van der Waals surface area contributed by atoms with Gasteiger partial charge in [0.05, 0.1) is 18.9 Å². The van der Waals surface area contributed by atoms with Crippen molar-refractivity contribution in [2.45, 2.75) is 19.4 Å². The molecule has 0 N–H and O–H groups in total. The zero-order valence-corrected chi connectivity index (χ0v) is 16.0. The van der Waals surface area contributed by atoms with Gasteiger partial charge in [-0.25, -0.2) is 5.01 Å². The molecule has 0 saturated heterocycles. The Bertz CT molecular complexity index is 993. The lowest BCUT2D eigenvalue weighted by atomic mass is 9.98. The highest BCUT2D eigenvalue weighted by atomic mass is 16.5. The largest absolute Gasteiger partial charge is 0.497 e. The predicted molar refractivity (Wildman–Crippen MR) is 111 cm³/mol. The molecule has 0 aliphatic carbocycles. The van der Waals surface area contributed by atoms with E-state index in [-0.39, 0.29) is 11.9 Å². The molecule has 1 atom stereocenters. The standard InChI is InChI=1S/C24H22N2O2/c1-17-8-10-20(11-9-17)24(27)26-23(19-12-14-21(28-2)15-13-19)16-22(25-26)18-6-4-3-5-7-18/h3-15,23H,16H2,1-2H3/t23-/m0/s1. The van der Waals surface area contributed by atoms with Crippen molar-refractivity contribution in [2.24, 2.45) is 5.10 Å². The molecule has 0 radical (unpaired) electrons. The van der Waals surface area contributed by atoms with Gasteiger partial charge in [0.15, 0.2) is 0 Å². The summed E-state index contributed by atoms with van der Waals surface area (Å²) in [5.41, 5.74) is 4.76. The molecule has 1 heterocycles. The van der Waals surface area contributed by atoms with E-state index in [0.717, 1.165) is 28.2 Å². The van der Waals surface area contributed by atoms with Crippen LogP contribution in [0.3, 0.4) is 0 Å². The molecule has 0 unspecified atom stereocenters. The number of amides is 1. The summed E-state index contributed by atoms with van der Waals surface area (Å²) in [6, 6.07) is 25.4. The van der Waals surface area contributed by atoms with E-state index >= 15 is 0 Å². The number of carbonyl (C=O) groups excluding carboxylic acids is 1. The van der Waals surface area contributed by atoms with E-state index in [0.29, 0.717) is 12.0 Å². The first kappa shape index (κ1) is 18.0. The number of methoxy groups -OCH3 is 1. The SMILES string of the molecule is COc1ccc([C@@H]2CC(c3ccccc3)=NN2C(=O)c2ccc(C)cc2)cc1. The molecule has 0 fully saturated rings. The number of hydrogen-bond donors (Lipinski definition) is 0. The Labute approximate surface area is 165 Å². The molecule has 3 aromatic rings. The Kier molecular flexibility index (Phi) is 4.94. The molecule has 0 spiro atoms. The van der Waals surface area contributed by atoms with Gasteiger partial charge in [-0.1, -0.05) is 60.2 Å². The quantitative estimate of drug-likeness (QED) is 0.649. The van der Waals surface area contributed by atoms with E-state index in [4.69, 9.17) is 9.84 Å². The molecule has 4 rings (SSSR count). The van der Waals surface area contributed by atoms with E-state index in [9.17, 15) is 4.79 Å². The normalized spacial score (nSPS) is 16.0. The van der Waals surface area contributed by atoms with Crippen molar-refractivity contribution in [1.29, 1.82) is 0 Å². The second-order valence-electron chi connectivity index (χ2n) is 6.92. The molecule has 4 nitrogen and oxygen atoms in total. The fraction of sp³-hybridized carbons (Fsp3) is 0.167. The van der Waals surface area contributed by atoms with Gasteiger partial charge in [0.1, 0.15) is 5.75 Å². The molecule has 1 aliphatic rings. The lowest BCUT2D eigenvalue weighted by Crippen LogP contribution is -2.27. The van der Waals surface area contributed by atoms with Crippen molar-refractivity contribution in [3.05, 3.63) is 101 Å². The summed E-state index contributed by atoms with van der Waals surface area (Å²) in [7, 11) is 1.65. The zero-order valence-electron chi connectivity index (χ0n) is 16.0. The van der Waals surface area contributed by atoms with Gasteiger partial charge >= 0.3 is 0 Å². The topological polar surface area (TPSA) is 41.9 Å². The van der Waals surface area contributed by atoms with Crippen LogP contribution >= 0.6 is 0 Å². The minimum Gasteiger partial charge on any atom is -0.497 e. The fourth-order valence-corrected chi connectivity index (χ4v) is 3.42. The number of aryl methyl sites for hydroxylation is 1. The highest BCUT2D eigenvalue weighted by Crippen LogP contribution is 2.34. The molecular weight excluding hydrogens is 348 g/mol. The maximum Gasteiger partial charge on any atom is 0.274 e. The van der Waals surface area contributed by atoms with Gasteiger partial charge in [0, 0.05) is 12.0 Å². The number of hydrogen-bond acceptors (Lipinski definition) is 3. The third-order valence-electron chi connectivity index (χ3n) is 5.02. The summed E-state index contributed by atoms with van der Waals surface area (Å²) in [4.78, 5) is 13.2. The van der Waals surface area contributed by atoms with Crippen LogP contribution in [0.2, 0.25) is 0 Å². The Morgan fingerprint density at radius 3 is 2.29 bits per heavy atom. The zero-order chi connectivity index (χ0) is 19.5. The molecular formula is C24H22N2O2. The van der Waals surface area contributed by atoms with Crippen LogP contribution in [-0.2, 0) is 0 Å². The molecule has 0 bridgehead atoms. The third kappa shape index (κ3) is 3.54. The summed E-state index contributed by atoms with van der Waals surface area (Å²) in [6.45, 7) is 2.01. The second kappa shape index (κ2) is 7.69. The summed E-state index contributed by atoms with van der Waals surface area (Å²) in [5.74, 6) is 0.703. The van der Waals surface area contributed by atoms with Crippen molar-refractivity contribution in [3.8, 4) is 5.75 Å². The lowest BCUT2D eigenvalue weighted by Gasteiger charge is -2.22. The molecule has 0 saturated carbocycles. The van der Waals surface area contributed by atoms with Crippen LogP contribution in [0.4, 0.5) is 0 Å². The average Bonchev–Trinajstić information content (AvgIpc) is 3.20.